The van der Waals surface area contributed by atoms with Gasteiger partial charge in [-0.25, -0.2) is 14.1 Å². The molecule has 3 aromatic rings. The van der Waals surface area contributed by atoms with Gasteiger partial charge in [0, 0.05) is 16.1 Å². The lowest BCUT2D eigenvalue weighted by molar-refractivity contribution is 0.628. The van der Waals surface area contributed by atoms with Crippen LogP contribution in [0, 0.1) is 5.82 Å². The summed E-state index contributed by atoms with van der Waals surface area (Å²) in [5.41, 5.74) is 7.89. The van der Waals surface area contributed by atoms with Crippen molar-refractivity contribution in [3.63, 3.8) is 0 Å². The van der Waals surface area contributed by atoms with E-state index in [1.54, 1.807) is 42.7 Å². The number of aromatic nitrogens is 2. The van der Waals surface area contributed by atoms with Gasteiger partial charge in [-0.3, -0.25) is 0 Å². The molecule has 0 bridgehead atoms. The Bertz CT molecular complexity index is 872. The van der Waals surface area contributed by atoms with Gasteiger partial charge in [-0.05, 0) is 36.4 Å². The van der Waals surface area contributed by atoms with Crippen LogP contribution in [-0.2, 0) is 0 Å². The highest BCUT2D eigenvalue weighted by atomic mass is 35.5. The van der Waals surface area contributed by atoms with Crippen LogP contribution in [-0.4, -0.2) is 15.9 Å². The number of anilines is 1. The zero-order valence-corrected chi connectivity index (χ0v) is 13.3. The Hall–Kier alpha value is -2.37. The minimum atomic E-state index is -0.309. The zero-order valence-electron chi connectivity index (χ0n) is 11.7. The van der Waals surface area contributed by atoms with Gasteiger partial charge < -0.3 is 5.73 Å². The summed E-state index contributed by atoms with van der Waals surface area (Å²) in [7, 11) is 0. The third kappa shape index (κ3) is 3.52. The summed E-state index contributed by atoms with van der Waals surface area (Å²) in [6.45, 7) is 0. The summed E-state index contributed by atoms with van der Waals surface area (Å²) in [6.07, 6.45) is 3.22. The van der Waals surface area contributed by atoms with E-state index in [-0.39, 0.29) is 11.8 Å². The summed E-state index contributed by atoms with van der Waals surface area (Å²) in [4.78, 5) is 4.21. The summed E-state index contributed by atoms with van der Waals surface area (Å²) in [5, 5.41) is 5.27. The molecule has 0 aliphatic rings. The fourth-order valence-electron chi connectivity index (χ4n) is 1.97. The van der Waals surface area contributed by atoms with Gasteiger partial charge in [0.15, 0.2) is 0 Å². The maximum atomic E-state index is 13.0. The topological polar surface area (TPSA) is 56.2 Å². The number of benzene rings is 2. The van der Waals surface area contributed by atoms with Crippen LogP contribution in [0.2, 0.25) is 10.0 Å². The second-order valence-corrected chi connectivity index (χ2v) is 5.59. The van der Waals surface area contributed by atoms with Crippen molar-refractivity contribution in [2.24, 2.45) is 5.10 Å². The molecule has 3 rings (SSSR count). The van der Waals surface area contributed by atoms with Crippen molar-refractivity contribution in [1.29, 1.82) is 0 Å². The SMILES string of the molecule is Nc1nc(-c2ccc(F)cc2)cn1/N=C/c1ccc(Cl)cc1Cl. The summed E-state index contributed by atoms with van der Waals surface area (Å²) >= 11 is 11.9. The second kappa shape index (κ2) is 6.40. The molecule has 0 fully saturated rings. The van der Waals surface area contributed by atoms with Gasteiger partial charge in [0.1, 0.15) is 5.82 Å². The number of imidazole rings is 1. The molecule has 1 heterocycles. The van der Waals surface area contributed by atoms with E-state index in [4.69, 9.17) is 28.9 Å². The first kappa shape index (κ1) is 15.5. The van der Waals surface area contributed by atoms with Crippen LogP contribution in [0.15, 0.2) is 53.8 Å². The predicted octanol–water partition coefficient (Wildman–Crippen LogP) is 4.46. The molecule has 4 nitrogen and oxygen atoms in total. The van der Waals surface area contributed by atoms with Gasteiger partial charge in [0.25, 0.3) is 0 Å². The monoisotopic (exact) mass is 348 g/mol. The summed E-state index contributed by atoms with van der Waals surface area (Å²) in [6, 6.07) is 11.1. The number of halogens is 3. The lowest BCUT2D eigenvalue weighted by Crippen LogP contribution is -1.97. The van der Waals surface area contributed by atoms with Crippen LogP contribution in [0.1, 0.15) is 5.56 Å². The fourth-order valence-corrected chi connectivity index (χ4v) is 2.43. The molecule has 0 aliphatic heterocycles. The van der Waals surface area contributed by atoms with Crippen molar-refractivity contribution < 1.29 is 4.39 Å². The van der Waals surface area contributed by atoms with E-state index >= 15 is 0 Å². The first-order valence-electron chi connectivity index (χ1n) is 6.63. The van der Waals surface area contributed by atoms with Gasteiger partial charge in [-0.1, -0.05) is 29.3 Å². The number of nitrogen functional groups attached to an aromatic ring is 1. The maximum Gasteiger partial charge on any atom is 0.221 e. The smallest absolute Gasteiger partial charge is 0.221 e. The lowest BCUT2D eigenvalue weighted by Gasteiger charge is -1.99. The molecule has 116 valence electrons. The van der Waals surface area contributed by atoms with Crippen molar-refractivity contribution in [1.82, 2.24) is 9.66 Å². The molecule has 2 aromatic carbocycles. The van der Waals surface area contributed by atoms with E-state index in [1.807, 2.05) is 0 Å². The Morgan fingerprint density at radius 1 is 1.13 bits per heavy atom. The van der Waals surface area contributed by atoms with E-state index in [1.165, 1.54) is 16.8 Å². The van der Waals surface area contributed by atoms with Crippen LogP contribution in [0.25, 0.3) is 11.3 Å². The van der Waals surface area contributed by atoms with E-state index in [0.717, 1.165) is 5.56 Å². The number of nitrogens with zero attached hydrogens (tertiary/aromatic N) is 3. The quantitative estimate of drug-likeness (QED) is 0.710. The lowest BCUT2D eigenvalue weighted by atomic mass is 10.2. The Kier molecular flexibility index (Phi) is 4.32. The largest absolute Gasteiger partial charge is 0.368 e. The van der Waals surface area contributed by atoms with Gasteiger partial charge in [-0.15, -0.1) is 0 Å². The van der Waals surface area contributed by atoms with Crippen molar-refractivity contribution in [2.75, 3.05) is 5.73 Å². The molecule has 0 amide bonds. The highest BCUT2D eigenvalue weighted by Gasteiger charge is 2.07. The Labute approximate surface area is 142 Å². The first-order valence-corrected chi connectivity index (χ1v) is 7.39. The van der Waals surface area contributed by atoms with Crippen molar-refractivity contribution in [2.45, 2.75) is 0 Å². The minimum absolute atomic E-state index is 0.214. The molecule has 0 spiro atoms. The normalized spacial score (nSPS) is 11.3. The number of hydrogen-bond acceptors (Lipinski definition) is 3. The minimum Gasteiger partial charge on any atom is -0.368 e. The Balaban J connectivity index is 1.89. The molecule has 0 atom stereocenters. The molecule has 7 heteroatoms. The molecule has 23 heavy (non-hydrogen) atoms. The van der Waals surface area contributed by atoms with Crippen molar-refractivity contribution >= 4 is 35.4 Å². The molecule has 0 aliphatic carbocycles. The molecule has 0 saturated carbocycles. The fraction of sp³-hybridized carbons (Fsp3) is 0. The standard InChI is InChI=1S/C16H11Cl2FN4/c17-12-4-1-11(14(18)7-12)8-21-23-9-15(22-16(23)20)10-2-5-13(19)6-3-10/h1-9H,(H2,20,22)/b21-8+. The van der Waals surface area contributed by atoms with E-state index in [0.29, 0.717) is 21.3 Å². The van der Waals surface area contributed by atoms with Crippen LogP contribution in [0.3, 0.4) is 0 Å². The Morgan fingerprint density at radius 3 is 2.57 bits per heavy atom. The molecular weight excluding hydrogens is 338 g/mol. The zero-order chi connectivity index (χ0) is 16.4. The van der Waals surface area contributed by atoms with Crippen LogP contribution >= 0.6 is 23.2 Å². The second-order valence-electron chi connectivity index (χ2n) is 4.75. The van der Waals surface area contributed by atoms with E-state index < -0.39 is 0 Å². The summed E-state index contributed by atoms with van der Waals surface area (Å²) in [5.74, 6) is -0.0952. The molecule has 0 radical (unpaired) electrons. The average molecular weight is 349 g/mol. The van der Waals surface area contributed by atoms with Gasteiger partial charge in [-0.2, -0.15) is 5.10 Å². The molecular formula is C16H11Cl2FN4. The third-order valence-corrected chi connectivity index (χ3v) is 3.70. The first-order chi connectivity index (χ1) is 11.0. The third-order valence-electron chi connectivity index (χ3n) is 3.14. The molecule has 0 saturated heterocycles. The van der Waals surface area contributed by atoms with Crippen LogP contribution in [0.5, 0.6) is 0 Å². The van der Waals surface area contributed by atoms with Gasteiger partial charge >= 0.3 is 0 Å². The summed E-state index contributed by atoms with van der Waals surface area (Å²) < 4.78 is 14.4. The van der Waals surface area contributed by atoms with Crippen LogP contribution < -0.4 is 5.73 Å². The van der Waals surface area contributed by atoms with E-state index in [2.05, 4.69) is 10.1 Å². The molecule has 2 N–H and O–H groups in total. The van der Waals surface area contributed by atoms with Gasteiger partial charge in [0.2, 0.25) is 5.95 Å². The Morgan fingerprint density at radius 2 is 1.87 bits per heavy atom. The van der Waals surface area contributed by atoms with Crippen LogP contribution in [0.4, 0.5) is 10.3 Å². The average Bonchev–Trinajstić information content (AvgIpc) is 2.88. The van der Waals surface area contributed by atoms with Crippen molar-refractivity contribution in [3.8, 4) is 11.3 Å². The number of rotatable bonds is 3. The number of nitrogens with two attached hydrogens (primary N) is 1. The molecule has 0 unspecified atom stereocenters. The van der Waals surface area contributed by atoms with Crippen molar-refractivity contribution in [3.05, 3.63) is 70.1 Å². The highest BCUT2D eigenvalue weighted by molar-refractivity contribution is 6.36. The molecule has 1 aromatic heterocycles. The van der Waals surface area contributed by atoms with E-state index in [9.17, 15) is 4.39 Å². The maximum absolute atomic E-state index is 13.0. The van der Waals surface area contributed by atoms with Gasteiger partial charge in [0.05, 0.1) is 23.1 Å². The predicted molar refractivity (Wildman–Crippen MR) is 91.5 cm³/mol. The number of hydrogen-bond donors (Lipinski definition) is 1. The highest BCUT2D eigenvalue weighted by Crippen LogP contribution is 2.21.